The highest BCUT2D eigenvalue weighted by atomic mass is 16.5. The molecule has 0 fully saturated rings. The lowest BCUT2D eigenvalue weighted by atomic mass is 10.1. The summed E-state index contributed by atoms with van der Waals surface area (Å²) >= 11 is 0. The molecule has 0 bridgehead atoms. The molecule has 0 aliphatic carbocycles. The van der Waals surface area contributed by atoms with E-state index in [2.05, 4.69) is 5.32 Å². The predicted octanol–water partition coefficient (Wildman–Crippen LogP) is 4.13. The average molecular weight is 341 g/mol. The zero-order chi connectivity index (χ0) is 18.2. The molecule has 2 rings (SSSR count). The maximum Gasteiger partial charge on any atom is 0.335 e. The van der Waals surface area contributed by atoms with Crippen LogP contribution in [0.2, 0.25) is 0 Å². The minimum absolute atomic E-state index is 0.0792. The summed E-state index contributed by atoms with van der Waals surface area (Å²) in [6.07, 6.45) is 1.81. The second-order valence-corrected chi connectivity index (χ2v) is 6.07. The fourth-order valence-corrected chi connectivity index (χ4v) is 2.43. The van der Waals surface area contributed by atoms with E-state index < -0.39 is 5.97 Å². The number of carboxylic acids is 1. The third-order valence-electron chi connectivity index (χ3n) is 3.58. The number of carboxylic acid groups (broad SMARTS) is 1. The van der Waals surface area contributed by atoms with Gasteiger partial charge in [-0.3, -0.25) is 4.79 Å². The van der Waals surface area contributed by atoms with Crippen LogP contribution < -0.4 is 10.1 Å². The van der Waals surface area contributed by atoms with Crippen molar-refractivity contribution in [2.75, 3.05) is 5.32 Å². The van der Waals surface area contributed by atoms with E-state index >= 15 is 0 Å². The first-order valence-corrected chi connectivity index (χ1v) is 8.33. The monoisotopic (exact) mass is 341 g/mol. The Balaban J connectivity index is 2.00. The Hall–Kier alpha value is -2.82. The van der Waals surface area contributed by atoms with Crippen LogP contribution >= 0.6 is 0 Å². The van der Waals surface area contributed by atoms with Crippen LogP contribution in [-0.2, 0) is 11.2 Å². The number of hydrogen-bond acceptors (Lipinski definition) is 3. The second kappa shape index (κ2) is 8.87. The first-order chi connectivity index (χ1) is 12.0. The first kappa shape index (κ1) is 18.5. The van der Waals surface area contributed by atoms with E-state index in [9.17, 15) is 9.59 Å². The van der Waals surface area contributed by atoms with Crippen molar-refractivity contribution in [3.05, 3.63) is 59.7 Å². The van der Waals surface area contributed by atoms with Gasteiger partial charge in [0.2, 0.25) is 5.91 Å². The van der Waals surface area contributed by atoms with Crippen LogP contribution in [0.25, 0.3) is 0 Å². The lowest BCUT2D eigenvalue weighted by Crippen LogP contribution is -2.15. The number of carbonyl (C=O) groups excluding carboxylic acids is 1. The van der Waals surface area contributed by atoms with Gasteiger partial charge in [-0.25, -0.2) is 4.79 Å². The molecule has 0 heterocycles. The van der Waals surface area contributed by atoms with E-state index in [1.54, 1.807) is 6.07 Å². The first-order valence-electron chi connectivity index (χ1n) is 8.33. The zero-order valence-corrected chi connectivity index (χ0v) is 14.5. The fourth-order valence-electron chi connectivity index (χ4n) is 2.43. The predicted molar refractivity (Wildman–Crippen MR) is 97.2 cm³/mol. The summed E-state index contributed by atoms with van der Waals surface area (Å²) in [5.74, 6) is -0.737. The Bertz CT molecular complexity index is 726. The number of ether oxygens (including phenoxy) is 1. The minimum atomic E-state index is -1.05. The van der Waals surface area contributed by atoms with Gasteiger partial charge in [-0.05, 0) is 50.5 Å². The standard InChI is InChI=1S/C20H23NO4/c1-14(2)25-18-12-11-16(20(23)24)13-17(18)21-19(22)10-6-9-15-7-4-3-5-8-15/h3-5,7-8,11-14H,6,9-10H2,1-2H3,(H,21,22)(H,23,24). The molecule has 1 amide bonds. The Labute approximate surface area is 147 Å². The molecule has 0 aliphatic heterocycles. The summed E-state index contributed by atoms with van der Waals surface area (Å²) in [5.41, 5.74) is 1.68. The van der Waals surface area contributed by atoms with E-state index in [-0.39, 0.29) is 17.6 Å². The quantitative estimate of drug-likeness (QED) is 0.757. The summed E-state index contributed by atoms with van der Waals surface area (Å²) in [7, 11) is 0. The molecular weight excluding hydrogens is 318 g/mol. The molecule has 2 aromatic carbocycles. The van der Waals surface area contributed by atoms with Gasteiger partial charge in [0.1, 0.15) is 5.75 Å². The van der Waals surface area contributed by atoms with Crippen molar-refractivity contribution in [3.8, 4) is 5.75 Å². The van der Waals surface area contributed by atoms with Crippen molar-refractivity contribution in [1.29, 1.82) is 0 Å². The normalized spacial score (nSPS) is 10.5. The van der Waals surface area contributed by atoms with Gasteiger partial charge in [0.15, 0.2) is 0 Å². The SMILES string of the molecule is CC(C)Oc1ccc(C(=O)O)cc1NC(=O)CCCc1ccccc1. The van der Waals surface area contributed by atoms with Crippen LogP contribution in [0, 0.1) is 0 Å². The molecule has 0 saturated heterocycles. The highest BCUT2D eigenvalue weighted by Gasteiger charge is 2.13. The molecule has 0 saturated carbocycles. The summed E-state index contributed by atoms with van der Waals surface area (Å²) in [5, 5.41) is 11.9. The van der Waals surface area contributed by atoms with E-state index in [0.717, 1.165) is 12.8 Å². The van der Waals surface area contributed by atoms with Gasteiger partial charge >= 0.3 is 5.97 Å². The third kappa shape index (κ3) is 5.95. The lowest BCUT2D eigenvalue weighted by molar-refractivity contribution is -0.116. The Morgan fingerprint density at radius 3 is 2.48 bits per heavy atom. The molecule has 5 heteroatoms. The van der Waals surface area contributed by atoms with Gasteiger partial charge in [-0.15, -0.1) is 0 Å². The summed E-state index contributed by atoms with van der Waals surface area (Å²) in [6.45, 7) is 3.74. The molecule has 0 aromatic heterocycles. The summed E-state index contributed by atoms with van der Waals surface area (Å²) in [4.78, 5) is 23.4. The van der Waals surface area contributed by atoms with Crippen molar-refractivity contribution in [1.82, 2.24) is 0 Å². The van der Waals surface area contributed by atoms with E-state index in [1.807, 2.05) is 44.2 Å². The molecule has 0 atom stereocenters. The van der Waals surface area contributed by atoms with E-state index in [1.165, 1.54) is 17.7 Å². The number of benzene rings is 2. The van der Waals surface area contributed by atoms with Gasteiger partial charge in [-0.1, -0.05) is 30.3 Å². The molecule has 2 aromatic rings. The van der Waals surface area contributed by atoms with Crippen LogP contribution in [-0.4, -0.2) is 23.1 Å². The maximum absolute atomic E-state index is 12.2. The topological polar surface area (TPSA) is 75.6 Å². The van der Waals surface area contributed by atoms with Crippen LogP contribution in [0.1, 0.15) is 42.6 Å². The van der Waals surface area contributed by atoms with Crippen LogP contribution in [0.15, 0.2) is 48.5 Å². The summed E-state index contributed by atoms with van der Waals surface area (Å²) in [6, 6.07) is 14.4. The maximum atomic E-state index is 12.2. The van der Waals surface area contributed by atoms with Gasteiger partial charge in [-0.2, -0.15) is 0 Å². The minimum Gasteiger partial charge on any atom is -0.489 e. The van der Waals surface area contributed by atoms with Gasteiger partial charge in [0.05, 0.1) is 17.4 Å². The van der Waals surface area contributed by atoms with Crippen molar-refractivity contribution < 1.29 is 19.4 Å². The van der Waals surface area contributed by atoms with Crippen molar-refractivity contribution >= 4 is 17.6 Å². The van der Waals surface area contributed by atoms with Crippen molar-refractivity contribution in [2.45, 2.75) is 39.2 Å². The third-order valence-corrected chi connectivity index (χ3v) is 3.58. The summed E-state index contributed by atoms with van der Waals surface area (Å²) < 4.78 is 5.65. The van der Waals surface area contributed by atoms with Crippen molar-refractivity contribution in [2.24, 2.45) is 0 Å². The van der Waals surface area contributed by atoms with Gasteiger partial charge in [0.25, 0.3) is 0 Å². The van der Waals surface area contributed by atoms with E-state index in [0.29, 0.717) is 17.9 Å². The van der Waals surface area contributed by atoms with Crippen LogP contribution in [0.4, 0.5) is 5.69 Å². The Morgan fingerprint density at radius 2 is 1.84 bits per heavy atom. The molecule has 0 spiro atoms. The van der Waals surface area contributed by atoms with E-state index in [4.69, 9.17) is 9.84 Å². The van der Waals surface area contributed by atoms with Gasteiger partial charge < -0.3 is 15.2 Å². The second-order valence-electron chi connectivity index (χ2n) is 6.07. The lowest BCUT2D eigenvalue weighted by Gasteiger charge is -2.15. The smallest absolute Gasteiger partial charge is 0.335 e. The highest BCUT2D eigenvalue weighted by molar-refractivity contribution is 5.95. The number of amides is 1. The van der Waals surface area contributed by atoms with Crippen LogP contribution in [0.5, 0.6) is 5.75 Å². The molecular formula is C20H23NO4. The number of nitrogens with one attached hydrogen (secondary N) is 1. The van der Waals surface area contributed by atoms with Crippen LogP contribution in [0.3, 0.4) is 0 Å². The number of anilines is 1. The fraction of sp³-hybridized carbons (Fsp3) is 0.300. The number of rotatable bonds is 8. The molecule has 0 aliphatic rings. The largest absolute Gasteiger partial charge is 0.489 e. The molecule has 2 N–H and O–H groups in total. The average Bonchev–Trinajstić information content (AvgIpc) is 2.57. The zero-order valence-electron chi connectivity index (χ0n) is 14.5. The Kier molecular flexibility index (Phi) is 6.57. The molecule has 25 heavy (non-hydrogen) atoms. The Morgan fingerprint density at radius 1 is 1.12 bits per heavy atom. The number of aryl methyl sites for hydroxylation is 1. The number of aromatic carboxylic acids is 1. The van der Waals surface area contributed by atoms with Gasteiger partial charge in [0, 0.05) is 6.42 Å². The highest BCUT2D eigenvalue weighted by Crippen LogP contribution is 2.27. The molecule has 0 unspecified atom stereocenters. The van der Waals surface area contributed by atoms with Crippen molar-refractivity contribution in [3.63, 3.8) is 0 Å². The molecule has 5 nitrogen and oxygen atoms in total. The molecule has 132 valence electrons. The number of carbonyl (C=O) groups is 2. The number of hydrogen-bond donors (Lipinski definition) is 2. The molecule has 0 radical (unpaired) electrons.